The molecule has 2 aromatic rings. The molecule has 0 radical (unpaired) electrons. The third-order valence-electron chi connectivity index (χ3n) is 7.19. The Kier molecular flexibility index (Phi) is 15.0. The van der Waals surface area contributed by atoms with E-state index < -0.39 is 18.2 Å². The summed E-state index contributed by atoms with van der Waals surface area (Å²) in [5.74, 6) is -0.607. The SMILES string of the molecule is Cc1csc(C(=O)NCCN(C)C(=O)OC(C)(C)C)c1NC(=O)C[N+]1(CC(=O)NCc2ccccc2)CCCCCC1.O=C[O-]. The Balaban J connectivity index is 0.00000226. The molecule has 0 atom stereocenters. The molecule has 1 aromatic heterocycles. The van der Waals surface area contributed by atoms with Crippen LogP contribution in [0.1, 0.15) is 67.3 Å². The summed E-state index contributed by atoms with van der Waals surface area (Å²) >= 11 is 1.26. The van der Waals surface area contributed by atoms with Gasteiger partial charge in [0.05, 0.1) is 18.8 Å². The van der Waals surface area contributed by atoms with Crippen molar-refractivity contribution in [2.24, 2.45) is 0 Å². The number of thiophene rings is 1. The number of aryl methyl sites for hydroxylation is 1. The van der Waals surface area contributed by atoms with Gasteiger partial charge in [-0.05, 0) is 69.9 Å². The summed E-state index contributed by atoms with van der Waals surface area (Å²) in [6, 6.07) is 9.77. The van der Waals surface area contributed by atoms with E-state index in [1.54, 1.807) is 27.8 Å². The van der Waals surface area contributed by atoms with Crippen LogP contribution in [0.2, 0.25) is 0 Å². The molecule has 0 spiro atoms. The predicted octanol–water partition coefficient (Wildman–Crippen LogP) is 2.67. The molecule has 248 valence electrons. The first-order valence-corrected chi connectivity index (χ1v) is 16.0. The highest BCUT2D eigenvalue weighted by molar-refractivity contribution is 7.13. The normalized spacial score (nSPS) is 14.1. The Hall–Kier alpha value is -3.97. The molecule has 1 aromatic carbocycles. The van der Waals surface area contributed by atoms with Gasteiger partial charge in [-0.2, -0.15) is 0 Å². The molecule has 0 unspecified atom stereocenters. The van der Waals surface area contributed by atoms with E-state index in [2.05, 4.69) is 16.0 Å². The third kappa shape index (κ3) is 13.3. The average Bonchev–Trinajstić information content (AvgIpc) is 3.17. The van der Waals surface area contributed by atoms with Gasteiger partial charge in [-0.15, -0.1) is 11.3 Å². The lowest BCUT2D eigenvalue weighted by Gasteiger charge is -2.36. The smallest absolute Gasteiger partial charge is 0.410 e. The van der Waals surface area contributed by atoms with Gasteiger partial charge in [0.25, 0.3) is 17.7 Å². The van der Waals surface area contributed by atoms with Crippen LogP contribution < -0.4 is 21.1 Å². The van der Waals surface area contributed by atoms with Crippen LogP contribution in [0.15, 0.2) is 35.7 Å². The fourth-order valence-electron chi connectivity index (χ4n) is 4.99. The highest BCUT2D eigenvalue weighted by Crippen LogP contribution is 2.28. The molecule has 0 saturated carbocycles. The molecule has 0 bridgehead atoms. The minimum Gasteiger partial charge on any atom is -0.554 e. The first-order chi connectivity index (χ1) is 21.3. The monoisotopic (exact) mass is 645 g/mol. The van der Waals surface area contributed by atoms with Crippen molar-refractivity contribution in [3.63, 3.8) is 0 Å². The summed E-state index contributed by atoms with van der Waals surface area (Å²) in [5, 5.41) is 18.9. The van der Waals surface area contributed by atoms with Crippen molar-refractivity contribution in [1.82, 2.24) is 15.5 Å². The Morgan fingerprint density at radius 3 is 2.20 bits per heavy atom. The molecular formula is C32H47N5O7S. The molecule has 2 heterocycles. The molecule has 3 rings (SSSR count). The highest BCUT2D eigenvalue weighted by atomic mass is 32.1. The van der Waals surface area contributed by atoms with E-state index in [0.717, 1.165) is 49.9 Å². The first-order valence-electron chi connectivity index (χ1n) is 15.1. The number of anilines is 1. The third-order valence-corrected chi connectivity index (χ3v) is 8.29. The van der Waals surface area contributed by atoms with Crippen LogP contribution in [0.5, 0.6) is 0 Å². The lowest BCUT2D eigenvalue weighted by atomic mass is 10.2. The van der Waals surface area contributed by atoms with Gasteiger partial charge in [-0.1, -0.05) is 30.3 Å². The van der Waals surface area contributed by atoms with Gasteiger partial charge in [0.1, 0.15) is 10.5 Å². The van der Waals surface area contributed by atoms with Crippen LogP contribution in [-0.2, 0) is 25.7 Å². The summed E-state index contributed by atoms with van der Waals surface area (Å²) in [6.07, 6.45) is 3.63. The number of ether oxygens (including phenoxy) is 1. The number of amides is 4. The number of benzene rings is 1. The van der Waals surface area contributed by atoms with Crippen molar-refractivity contribution in [1.29, 1.82) is 0 Å². The van der Waals surface area contributed by atoms with Crippen molar-refractivity contribution >= 4 is 47.3 Å². The van der Waals surface area contributed by atoms with E-state index in [4.69, 9.17) is 14.6 Å². The number of likely N-dealkylation sites (N-methyl/N-ethyl adjacent to an activating group) is 1. The number of hydrogen-bond acceptors (Lipinski definition) is 8. The van der Waals surface area contributed by atoms with Crippen LogP contribution >= 0.6 is 11.3 Å². The number of likely N-dealkylation sites (tertiary alicyclic amines) is 1. The Labute approximate surface area is 269 Å². The molecule has 13 heteroatoms. The predicted molar refractivity (Wildman–Crippen MR) is 171 cm³/mol. The second-order valence-electron chi connectivity index (χ2n) is 12.2. The fourth-order valence-corrected chi connectivity index (χ4v) is 5.91. The van der Waals surface area contributed by atoms with Crippen LogP contribution in [0.3, 0.4) is 0 Å². The van der Waals surface area contributed by atoms with Gasteiger partial charge in [0, 0.05) is 33.2 Å². The zero-order chi connectivity index (χ0) is 33.5. The molecule has 12 nitrogen and oxygen atoms in total. The molecule has 4 amide bonds. The quantitative estimate of drug-likeness (QED) is 0.251. The highest BCUT2D eigenvalue weighted by Gasteiger charge is 2.34. The average molecular weight is 646 g/mol. The van der Waals surface area contributed by atoms with Crippen molar-refractivity contribution in [3.8, 4) is 0 Å². The van der Waals surface area contributed by atoms with E-state index in [1.165, 1.54) is 16.2 Å². The second kappa shape index (κ2) is 18.1. The number of carbonyl (C=O) groups is 5. The summed E-state index contributed by atoms with van der Waals surface area (Å²) in [5.41, 5.74) is 1.72. The summed E-state index contributed by atoms with van der Waals surface area (Å²) in [7, 11) is 1.62. The van der Waals surface area contributed by atoms with E-state index in [0.29, 0.717) is 21.6 Å². The number of carboxylic acid groups (broad SMARTS) is 1. The first kappa shape index (κ1) is 37.2. The molecule has 1 aliphatic heterocycles. The van der Waals surface area contributed by atoms with Crippen molar-refractivity contribution in [2.45, 2.75) is 65.5 Å². The topological polar surface area (TPSA) is 157 Å². The summed E-state index contributed by atoms with van der Waals surface area (Å²) < 4.78 is 5.74. The molecular weight excluding hydrogens is 598 g/mol. The minimum atomic E-state index is -0.601. The molecule has 45 heavy (non-hydrogen) atoms. The van der Waals surface area contributed by atoms with Crippen molar-refractivity contribution < 1.29 is 38.3 Å². The maximum atomic E-state index is 13.4. The van der Waals surface area contributed by atoms with Crippen LogP contribution in [-0.4, -0.2) is 91.6 Å². The van der Waals surface area contributed by atoms with Crippen molar-refractivity contribution in [2.75, 3.05) is 51.6 Å². The number of carbonyl (C=O) groups excluding carboxylic acids is 5. The van der Waals surface area contributed by atoms with E-state index in [-0.39, 0.29) is 43.9 Å². The Morgan fingerprint density at radius 2 is 1.60 bits per heavy atom. The molecule has 1 aliphatic rings. The van der Waals surface area contributed by atoms with Crippen molar-refractivity contribution in [3.05, 3.63) is 51.7 Å². The van der Waals surface area contributed by atoms with Gasteiger partial charge in [-0.3, -0.25) is 14.4 Å². The van der Waals surface area contributed by atoms with Gasteiger partial charge >= 0.3 is 6.09 Å². The Bertz CT molecular complexity index is 1270. The van der Waals surface area contributed by atoms with Gasteiger partial charge in [0.2, 0.25) is 0 Å². The van der Waals surface area contributed by atoms with Crippen LogP contribution in [0, 0.1) is 6.92 Å². The maximum Gasteiger partial charge on any atom is 0.410 e. The number of nitrogens with one attached hydrogen (secondary N) is 3. The lowest BCUT2D eigenvalue weighted by Crippen LogP contribution is -2.57. The standard InChI is InChI=1S/C31H45N5O5S.CH2O2/c1-23-22-42-28(29(39)32-15-16-35(5)30(40)41-31(2,3)4)27(23)34-26(38)21-36(17-11-6-7-12-18-36)20-25(37)33-19-24-13-9-8-10-14-24;2-1-3/h8-10,13-14,22H,6-7,11-12,15-21H2,1-5H3,(H2-,32,33,34,37,38,39);1H,(H,2,3). The number of rotatable bonds is 11. The van der Waals surface area contributed by atoms with E-state index >= 15 is 0 Å². The molecule has 3 N–H and O–H groups in total. The molecule has 1 saturated heterocycles. The van der Waals surface area contributed by atoms with Gasteiger partial charge in [-0.25, -0.2) is 4.79 Å². The minimum absolute atomic E-state index is 0.0725. The second-order valence-corrected chi connectivity index (χ2v) is 13.1. The number of nitrogens with zero attached hydrogens (tertiary/aromatic N) is 2. The molecule has 0 aliphatic carbocycles. The maximum absolute atomic E-state index is 13.4. The van der Waals surface area contributed by atoms with Crippen LogP contribution in [0.4, 0.5) is 10.5 Å². The van der Waals surface area contributed by atoms with E-state index in [1.807, 2.05) is 42.6 Å². The van der Waals surface area contributed by atoms with Gasteiger partial charge < -0.3 is 40.0 Å². The Morgan fingerprint density at radius 1 is 1.00 bits per heavy atom. The largest absolute Gasteiger partial charge is 0.554 e. The zero-order valence-corrected chi connectivity index (χ0v) is 27.8. The fraction of sp³-hybridized carbons (Fsp3) is 0.531. The number of hydrogen-bond donors (Lipinski definition) is 3. The molecule has 1 fully saturated rings. The number of quaternary nitrogens is 1. The van der Waals surface area contributed by atoms with Crippen LogP contribution in [0.25, 0.3) is 0 Å². The lowest BCUT2D eigenvalue weighted by molar-refractivity contribution is -0.912. The summed E-state index contributed by atoms with van der Waals surface area (Å²) in [4.78, 5) is 61.7. The summed E-state index contributed by atoms with van der Waals surface area (Å²) in [6.45, 7) is 9.62. The van der Waals surface area contributed by atoms with E-state index in [9.17, 15) is 19.2 Å². The van der Waals surface area contributed by atoms with Gasteiger partial charge in [0.15, 0.2) is 13.1 Å². The zero-order valence-electron chi connectivity index (χ0n) is 27.0.